The van der Waals surface area contributed by atoms with Gasteiger partial charge in [0, 0.05) is 32.2 Å². The summed E-state index contributed by atoms with van der Waals surface area (Å²) < 4.78 is 5.39. The maximum Gasteiger partial charge on any atom is 0.262 e. The van der Waals surface area contributed by atoms with Crippen LogP contribution in [0.1, 0.15) is 29.6 Å². The van der Waals surface area contributed by atoms with Gasteiger partial charge in [0.15, 0.2) is 6.61 Å². The highest BCUT2D eigenvalue weighted by Gasteiger charge is 2.48. The van der Waals surface area contributed by atoms with Crippen LogP contribution in [0.3, 0.4) is 0 Å². The summed E-state index contributed by atoms with van der Waals surface area (Å²) in [5, 5.41) is 2.71. The van der Waals surface area contributed by atoms with Crippen LogP contribution in [0.4, 0.5) is 5.69 Å². The predicted molar refractivity (Wildman–Crippen MR) is 90.4 cm³/mol. The minimum atomic E-state index is -0.415. The van der Waals surface area contributed by atoms with Gasteiger partial charge in [0.2, 0.25) is 5.91 Å². The molecule has 3 heterocycles. The Balaban J connectivity index is 1.52. The number of amides is 3. The number of carbonyl (C=O) groups excluding carboxylic acids is 3. The van der Waals surface area contributed by atoms with Crippen LogP contribution >= 0.6 is 0 Å². The molecule has 0 unspecified atom stereocenters. The molecule has 0 aliphatic carbocycles. The molecule has 3 aliphatic rings. The Labute approximate surface area is 145 Å². The summed E-state index contributed by atoms with van der Waals surface area (Å²) in [4.78, 5) is 40.4. The highest BCUT2D eigenvalue weighted by molar-refractivity contribution is 5.99. The van der Waals surface area contributed by atoms with Crippen LogP contribution in [-0.4, -0.2) is 60.8 Å². The van der Waals surface area contributed by atoms with E-state index in [-0.39, 0.29) is 24.3 Å². The first-order valence-electron chi connectivity index (χ1n) is 8.60. The number of nitrogens with zero attached hydrogens (tertiary/aromatic N) is 2. The van der Waals surface area contributed by atoms with Crippen LogP contribution < -0.4 is 10.1 Å². The van der Waals surface area contributed by atoms with Crippen LogP contribution in [0.25, 0.3) is 0 Å². The molecule has 3 aliphatic heterocycles. The molecular weight excluding hydrogens is 322 g/mol. The fraction of sp³-hybridized carbons (Fsp3) is 0.500. The summed E-state index contributed by atoms with van der Waals surface area (Å²) in [7, 11) is 1.84. The standard InChI is InChI=1S/C18H21N3O4/c1-20-7-2-5-18(17(20)24)6-8-21(11-18)16(23)12-3-4-13-14(9-12)25-10-15(22)19-13/h3-4,9H,2,5-8,10-11H2,1H3,(H,19,22)/t18-/m1/s1. The third kappa shape index (κ3) is 2.63. The zero-order valence-electron chi connectivity index (χ0n) is 14.2. The molecule has 1 atom stereocenters. The number of rotatable bonds is 1. The SMILES string of the molecule is CN1CCC[C@]2(CCN(C(=O)c3ccc4c(c3)OCC(=O)N4)C2)C1=O. The zero-order chi connectivity index (χ0) is 17.6. The smallest absolute Gasteiger partial charge is 0.262 e. The number of carbonyl (C=O) groups is 3. The van der Waals surface area contributed by atoms with E-state index in [0.717, 1.165) is 25.8 Å². The number of fused-ring (bicyclic) bond motifs is 1. The van der Waals surface area contributed by atoms with E-state index in [1.165, 1.54) is 0 Å². The maximum absolute atomic E-state index is 12.9. The zero-order valence-corrected chi connectivity index (χ0v) is 14.2. The fourth-order valence-electron chi connectivity index (χ4n) is 4.08. The van der Waals surface area contributed by atoms with E-state index in [4.69, 9.17) is 4.74 Å². The van der Waals surface area contributed by atoms with Gasteiger partial charge in [-0.15, -0.1) is 0 Å². The highest BCUT2D eigenvalue weighted by atomic mass is 16.5. The molecule has 7 heteroatoms. The monoisotopic (exact) mass is 343 g/mol. The Morgan fingerprint density at radius 3 is 2.92 bits per heavy atom. The van der Waals surface area contributed by atoms with E-state index in [1.807, 2.05) is 7.05 Å². The fourth-order valence-corrected chi connectivity index (χ4v) is 4.08. The third-order valence-corrected chi connectivity index (χ3v) is 5.45. The molecule has 1 spiro atoms. The maximum atomic E-state index is 12.9. The number of nitrogens with one attached hydrogen (secondary N) is 1. The Hall–Kier alpha value is -2.57. The molecular formula is C18H21N3O4. The van der Waals surface area contributed by atoms with Crippen molar-refractivity contribution < 1.29 is 19.1 Å². The second-order valence-corrected chi connectivity index (χ2v) is 7.14. The van der Waals surface area contributed by atoms with Crippen molar-refractivity contribution in [3.05, 3.63) is 23.8 Å². The molecule has 0 bridgehead atoms. The highest BCUT2D eigenvalue weighted by Crippen LogP contribution is 2.40. The van der Waals surface area contributed by atoms with Gasteiger partial charge in [-0.1, -0.05) is 0 Å². The summed E-state index contributed by atoms with van der Waals surface area (Å²) in [6.45, 7) is 1.82. The van der Waals surface area contributed by atoms with Crippen molar-refractivity contribution in [3.8, 4) is 5.75 Å². The van der Waals surface area contributed by atoms with E-state index in [0.29, 0.717) is 30.1 Å². The quantitative estimate of drug-likeness (QED) is 0.828. The molecule has 132 valence electrons. The van der Waals surface area contributed by atoms with Gasteiger partial charge in [0.05, 0.1) is 11.1 Å². The van der Waals surface area contributed by atoms with Gasteiger partial charge in [0.1, 0.15) is 5.75 Å². The van der Waals surface area contributed by atoms with Gasteiger partial charge in [-0.25, -0.2) is 0 Å². The number of likely N-dealkylation sites (tertiary alicyclic amines) is 2. The normalized spacial score (nSPS) is 25.6. The minimum Gasteiger partial charge on any atom is -0.482 e. The first-order chi connectivity index (χ1) is 12.0. The topological polar surface area (TPSA) is 79.0 Å². The van der Waals surface area contributed by atoms with Crippen molar-refractivity contribution in [2.45, 2.75) is 19.3 Å². The molecule has 0 radical (unpaired) electrons. The molecule has 2 saturated heterocycles. The van der Waals surface area contributed by atoms with Crippen molar-refractivity contribution in [1.29, 1.82) is 0 Å². The summed E-state index contributed by atoms with van der Waals surface area (Å²) in [5.74, 6) is 0.368. The van der Waals surface area contributed by atoms with Gasteiger partial charge in [-0.05, 0) is 37.5 Å². The third-order valence-electron chi connectivity index (χ3n) is 5.45. The van der Waals surface area contributed by atoms with E-state index < -0.39 is 5.41 Å². The van der Waals surface area contributed by atoms with E-state index in [9.17, 15) is 14.4 Å². The second kappa shape index (κ2) is 5.75. The largest absolute Gasteiger partial charge is 0.482 e. The first-order valence-corrected chi connectivity index (χ1v) is 8.60. The molecule has 7 nitrogen and oxygen atoms in total. The molecule has 25 heavy (non-hydrogen) atoms. The number of hydrogen-bond donors (Lipinski definition) is 1. The average Bonchev–Trinajstić information content (AvgIpc) is 3.03. The van der Waals surface area contributed by atoms with Crippen molar-refractivity contribution in [1.82, 2.24) is 9.80 Å². The number of hydrogen-bond acceptors (Lipinski definition) is 4. The van der Waals surface area contributed by atoms with Crippen molar-refractivity contribution >= 4 is 23.4 Å². The summed E-state index contributed by atoms with van der Waals surface area (Å²) >= 11 is 0. The molecule has 0 aromatic heterocycles. The molecule has 1 aromatic rings. The van der Waals surface area contributed by atoms with E-state index in [1.54, 1.807) is 28.0 Å². The number of anilines is 1. The van der Waals surface area contributed by atoms with Crippen molar-refractivity contribution in [3.63, 3.8) is 0 Å². The Morgan fingerprint density at radius 1 is 1.24 bits per heavy atom. The molecule has 3 amide bonds. The van der Waals surface area contributed by atoms with Crippen LogP contribution in [0, 0.1) is 5.41 Å². The summed E-state index contributed by atoms with van der Waals surface area (Å²) in [6.07, 6.45) is 2.55. The lowest BCUT2D eigenvalue weighted by Gasteiger charge is -2.37. The summed E-state index contributed by atoms with van der Waals surface area (Å²) in [5.41, 5.74) is 0.680. The van der Waals surface area contributed by atoms with Crippen LogP contribution in [0.15, 0.2) is 18.2 Å². The lowest BCUT2D eigenvalue weighted by molar-refractivity contribution is -0.143. The number of benzene rings is 1. The molecule has 2 fully saturated rings. The molecule has 4 rings (SSSR count). The van der Waals surface area contributed by atoms with E-state index in [2.05, 4.69) is 5.32 Å². The molecule has 0 saturated carbocycles. The van der Waals surface area contributed by atoms with Gasteiger partial charge < -0.3 is 19.9 Å². The Bertz CT molecular complexity index is 763. The molecule has 1 N–H and O–H groups in total. The first kappa shape index (κ1) is 15.9. The van der Waals surface area contributed by atoms with Gasteiger partial charge in [0.25, 0.3) is 11.8 Å². The lowest BCUT2D eigenvalue weighted by Crippen LogP contribution is -2.48. The van der Waals surface area contributed by atoms with Crippen LogP contribution in [-0.2, 0) is 9.59 Å². The number of piperidine rings is 1. The van der Waals surface area contributed by atoms with Gasteiger partial charge in [-0.3, -0.25) is 14.4 Å². The number of ether oxygens (including phenoxy) is 1. The Morgan fingerprint density at radius 2 is 2.08 bits per heavy atom. The molecule has 1 aromatic carbocycles. The predicted octanol–water partition coefficient (Wildman–Crippen LogP) is 1.10. The summed E-state index contributed by atoms with van der Waals surface area (Å²) in [6, 6.07) is 5.04. The van der Waals surface area contributed by atoms with Crippen LogP contribution in [0.5, 0.6) is 5.75 Å². The minimum absolute atomic E-state index is 0.0433. The van der Waals surface area contributed by atoms with Crippen LogP contribution in [0.2, 0.25) is 0 Å². The average molecular weight is 343 g/mol. The second-order valence-electron chi connectivity index (χ2n) is 7.14. The van der Waals surface area contributed by atoms with Crippen molar-refractivity contribution in [2.75, 3.05) is 38.6 Å². The van der Waals surface area contributed by atoms with E-state index >= 15 is 0 Å². The Kier molecular flexibility index (Phi) is 3.67. The lowest BCUT2D eigenvalue weighted by atomic mass is 9.78. The van der Waals surface area contributed by atoms with Gasteiger partial charge in [-0.2, -0.15) is 0 Å². The van der Waals surface area contributed by atoms with Gasteiger partial charge >= 0.3 is 0 Å². The van der Waals surface area contributed by atoms with Crippen molar-refractivity contribution in [2.24, 2.45) is 5.41 Å².